The second-order valence-corrected chi connectivity index (χ2v) is 4.43. The molecule has 0 unspecified atom stereocenters. The minimum absolute atomic E-state index is 0.0438. The average molecular weight is 253 g/mol. The molecule has 0 aliphatic carbocycles. The van der Waals surface area contributed by atoms with Crippen molar-refractivity contribution in [1.29, 1.82) is 5.41 Å². The van der Waals surface area contributed by atoms with E-state index in [-0.39, 0.29) is 6.04 Å². The Morgan fingerprint density at radius 2 is 1.37 bits per heavy atom. The second kappa shape index (κ2) is 6.05. The zero-order chi connectivity index (χ0) is 13.7. The molecule has 0 aliphatic rings. The van der Waals surface area contributed by atoms with E-state index in [0.717, 1.165) is 0 Å². The monoisotopic (exact) mass is 253 g/mol. The van der Waals surface area contributed by atoms with Gasteiger partial charge in [-0.25, -0.2) is 0 Å². The van der Waals surface area contributed by atoms with E-state index in [1.165, 1.54) is 11.1 Å². The first-order valence-corrected chi connectivity index (χ1v) is 6.33. The van der Waals surface area contributed by atoms with Gasteiger partial charge in [0, 0.05) is 14.1 Å². The van der Waals surface area contributed by atoms with Gasteiger partial charge >= 0.3 is 0 Å². The minimum Gasteiger partial charge on any atom is -0.359 e. The standard InChI is InChI=1S/C16H19N3/c1-18-16(17)19(2)15(13-9-5-3-6-10-13)14-11-7-4-8-12-14/h3-12,15H,1-2H3,(H2,17,18). The number of benzene rings is 2. The molecule has 3 nitrogen and oxygen atoms in total. The fraction of sp³-hybridized carbons (Fsp3) is 0.188. The van der Waals surface area contributed by atoms with Crippen molar-refractivity contribution < 1.29 is 0 Å². The summed E-state index contributed by atoms with van der Waals surface area (Å²) in [5.41, 5.74) is 2.35. The summed E-state index contributed by atoms with van der Waals surface area (Å²) in [4.78, 5) is 1.94. The zero-order valence-electron chi connectivity index (χ0n) is 11.3. The second-order valence-electron chi connectivity index (χ2n) is 4.43. The first-order valence-electron chi connectivity index (χ1n) is 6.33. The van der Waals surface area contributed by atoms with Gasteiger partial charge in [0.2, 0.25) is 0 Å². The summed E-state index contributed by atoms with van der Waals surface area (Å²) >= 11 is 0. The third-order valence-corrected chi connectivity index (χ3v) is 3.21. The van der Waals surface area contributed by atoms with E-state index in [9.17, 15) is 0 Å². The van der Waals surface area contributed by atoms with Gasteiger partial charge in [-0.15, -0.1) is 0 Å². The van der Waals surface area contributed by atoms with Gasteiger partial charge in [0.1, 0.15) is 0 Å². The van der Waals surface area contributed by atoms with Gasteiger partial charge in [-0.05, 0) is 11.1 Å². The van der Waals surface area contributed by atoms with Crippen molar-refractivity contribution in [3.8, 4) is 0 Å². The van der Waals surface area contributed by atoms with Gasteiger partial charge in [0.05, 0.1) is 6.04 Å². The largest absolute Gasteiger partial charge is 0.359 e. The Hall–Kier alpha value is -2.29. The van der Waals surface area contributed by atoms with E-state index in [4.69, 9.17) is 5.41 Å². The Bertz CT molecular complexity index is 483. The van der Waals surface area contributed by atoms with Gasteiger partial charge in [-0.2, -0.15) is 0 Å². The molecule has 98 valence electrons. The molecule has 0 amide bonds. The molecule has 2 aromatic carbocycles. The highest BCUT2D eigenvalue weighted by Crippen LogP contribution is 2.27. The summed E-state index contributed by atoms with van der Waals surface area (Å²) in [6.45, 7) is 0. The van der Waals surface area contributed by atoms with Crippen LogP contribution < -0.4 is 5.32 Å². The zero-order valence-corrected chi connectivity index (χ0v) is 11.3. The summed E-state index contributed by atoms with van der Waals surface area (Å²) in [5, 5.41) is 10.9. The summed E-state index contributed by atoms with van der Waals surface area (Å²) in [5.74, 6) is 0.401. The topological polar surface area (TPSA) is 39.1 Å². The van der Waals surface area contributed by atoms with Gasteiger partial charge in [0.15, 0.2) is 5.96 Å². The van der Waals surface area contributed by atoms with Crippen LogP contribution in [0.5, 0.6) is 0 Å². The van der Waals surface area contributed by atoms with Crippen LogP contribution >= 0.6 is 0 Å². The Kier molecular flexibility index (Phi) is 4.18. The van der Waals surface area contributed by atoms with Crippen LogP contribution in [0, 0.1) is 5.41 Å². The average Bonchev–Trinajstić information content (AvgIpc) is 2.49. The predicted molar refractivity (Wildman–Crippen MR) is 79.3 cm³/mol. The third kappa shape index (κ3) is 2.94. The Morgan fingerprint density at radius 3 is 1.74 bits per heavy atom. The molecule has 0 fully saturated rings. The van der Waals surface area contributed by atoms with Crippen LogP contribution in [0.2, 0.25) is 0 Å². The van der Waals surface area contributed by atoms with Crippen LogP contribution in [-0.4, -0.2) is 25.0 Å². The maximum absolute atomic E-state index is 7.99. The molecule has 19 heavy (non-hydrogen) atoms. The van der Waals surface area contributed by atoms with E-state index in [1.54, 1.807) is 7.05 Å². The molecule has 0 bridgehead atoms. The number of hydrogen-bond acceptors (Lipinski definition) is 1. The number of rotatable bonds is 3. The van der Waals surface area contributed by atoms with Crippen LogP contribution in [0.4, 0.5) is 0 Å². The molecule has 2 rings (SSSR count). The van der Waals surface area contributed by atoms with Gasteiger partial charge < -0.3 is 10.2 Å². The molecular weight excluding hydrogens is 234 g/mol. The lowest BCUT2D eigenvalue weighted by Crippen LogP contribution is -2.38. The highest BCUT2D eigenvalue weighted by molar-refractivity contribution is 5.77. The van der Waals surface area contributed by atoms with Crippen molar-refractivity contribution in [2.75, 3.05) is 14.1 Å². The molecular formula is C16H19N3. The highest BCUT2D eigenvalue weighted by Gasteiger charge is 2.20. The Balaban J connectivity index is 2.43. The molecule has 0 heterocycles. The number of guanidine groups is 1. The molecule has 0 radical (unpaired) electrons. The molecule has 0 saturated carbocycles. The number of nitrogens with zero attached hydrogens (tertiary/aromatic N) is 1. The van der Waals surface area contributed by atoms with Gasteiger partial charge in [0.25, 0.3) is 0 Å². The first-order chi connectivity index (χ1) is 9.24. The molecule has 2 N–H and O–H groups in total. The quantitative estimate of drug-likeness (QED) is 0.652. The van der Waals surface area contributed by atoms with E-state index in [0.29, 0.717) is 5.96 Å². The molecule has 3 heteroatoms. The molecule has 0 saturated heterocycles. The van der Waals surface area contributed by atoms with Crippen molar-refractivity contribution >= 4 is 5.96 Å². The van der Waals surface area contributed by atoms with Crippen LogP contribution in [0.25, 0.3) is 0 Å². The SMILES string of the molecule is CNC(=N)N(C)C(c1ccccc1)c1ccccc1. The van der Waals surface area contributed by atoms with Crippen LogP contribution in [-0.2, 0) is 0 Å². The molecule has 0 spiro atoms. The predicted octanol–water partition coefficient (Wildman–Crippen LogP) is 2.86. The highest BCUT2D eigenvalue weighted by atomic mass is 15.3. The lowest BCUT2D eigenvalue weighted by molar-refractivity contribution is 0.412. The first kappa shape index (κ1) is 13.1. The van der Waals surface area contributed by atoms with E-state index >= 15 is 0 Å². The number of hydrogen-bond donors (Lipinski definition) is 2. The fourth-order valence-electron chi connectivity index (χ4n) is 2.22. The molecule has 0 aliphatic heterocycles. The van der Waals surface area contributed by atoms with Crippen molar-refractivity contribution in [3.63, 3.8) is 0 Å². The van der Waals surface area contributed by atoms with E-state index in [2.05, 4.69) is 29.6 Å². The lowest BCUT2D eigenvalue weighted by Gasteiger charge is -2.30. The Labute approximate surface area is 114 Å². The fourth-order valence-corrected chi connectivity index (χ4v) is 2.22. The molecule has 0 atom stereocenters. The van der Waals surface area contributed by atoms with E-state index in [1.807, 2.05) is 48.3 Å². The normalized spacial score (nSPS) is 10.3. The van der Waals surface area contributed by atoms with Crippen molar-refractivity contribution in [2.45, 2.75) is 6.04 Å². The smallest absolute Gasteiger partial charge is 0.191 e. The summed E-state index contributed by atoms with van der Waals surface area (Å²) in [6, 6.07) is 20.6. The third-order valence-electron chi connectivity index (χ3n) is 3.21. The minimum atomic E-state index is 0.0438. The molecule has 2 aromatic rings. The lowest BCUT2D eigenvalue weighted by atomic mass is 9.98. The van der Waals surface area contributed by atoms with Crippen LogP contribution in [0.15, 0.2) is 60.7 Å². The molecule has 0 aromatic heterocycles. The van der Waals surface area contributed by atoms with Crippen molar-refractivity contribution in [1.82, 2.24) is 10.2 Å². The van der Waals surface area contributed by atoms with Crippen LogP contribution in [0.1, 0.15) is 17.2 Å². The van der Waals surface area contributed by atoms with E-state index < -0.39 is 0 Å². The summed E-state index contributed by atoms with van der Waals surface area (Å²) in [7, 11) is 3.70. The van der Waals surface area contributed by atoms with Crippen molar-refractivity contribution in [3.05, 3.63) is 71.8 Å². The summed E-state index contributed by atoms with van der Waals surface area (Å²) in [6.07, 6.45) is 0. The number of nitrogens with one attached hydrogen (secondary N) is 2. The van der Waals surface area contributed by atoms with Crippen LogP contribution in [0.3, 0.4) is 0 Å². The van der Waals surface area contributed by atoms with Gasteiger partial charge in [-0.3, -0.25) is 5.41 Å². The Morgan fingerprint density at radius 1 is 0.947 bits per heavy atom. The van der Waals surface area contributed by atoms with Gasteiger partial charge in [-0.1, -0.05) is 60.7 Å². The maximum Gasteiger partial charge on any atom is 0.191 e. The summed E-state index contributed by atoms with van der Waals surface area (Å²) < 4.78 is 0. The maximum atomic E-state index is 7.99. The van der Waals surface area contributed by atoms with Crippen molar-refractivity contribution in [2.24, 2.45) is 0 Å².